The Morgan fingerprint density at radius 2 is 2.62 bits per heavy atom. The van der Waals surface area contributed by atoms with Crippen molar-refractivity contribution >= 4 is 22.9 Å². The van der Waals surface area contributed by atoms with Crippen LogP contribution in [-0.2, 0) is 0 Å². The van der Waals surface area contributed by atoms with Crippen molar-refractivity contribution < 1.29 is 5.11 Å². The predicted octanol–water partition coefficient (Wildman–Crippen LogP) is 0.633. The predicted molar refractivity (Wildman–Crippen MR) is 34.9 cm³/mol. The number of rotatable bonds is 1. The molecule has 0 aromatic heterocycles. The van der Waals surface area contributed by atoms with Gasteiger partial charge in [-0.2, -0.15) is 0 Å². The third-order valence-electron chi connectivity index (χ3n) is 1.52. The molecule has 0 aromatic carbocycles. The first-order chi connectivity index (χ1) is 3.80. The molecule has 1 aliphatic rings. The van der Waals surface area contributed by atoms with Crippen molar-refractivity contribution in [2.45, 2.75) is 17.2 Å². The van der Waals surface area contributed by atoms with Crippen LogP contribution in [0.4, 0.5) is 0 Å². The van der Waals surface area contributed by atoms with Gasteiger partial charge in [0.05, 0.1) is 0 Å². The van der Waals surface area contributed by atoms with E-state index in [1.54, 1.807) is 0 Å². The SMILES string of the molecule is CC(O)C1C=[CH][In][CH2]1. The zero-order valence-electron chi connectivity index (χ0n) is 5.04. The van der Waals surface area contributed by atoms with Gasteiger partial charge < -0.3 is 0 Å². The number of hydrogen-bond acceptors (Lipinski definition) is 1. The Morgan fingerprint density at radius 1 is 1.88 bits per heavy atom. The molecule has 0 saturated heterocycles. The molecule has 2 unspecified atom stereocenters. The summed E-state index contributed by atoms with van der Waals surface area (Å²) in [4.78, 5) is 0. The quantitative estimate of drug-likeness (QED) is 0.677. The van der Waals surface area contributed by atoms with Crippen LogP contribution < -0.4 is 0 Å². The second-order valence-corrected chi connectivity index (χ2v) is 6.05. The van der Waals surface area contributed by atoms with Gasteiger partial charge >= 0.3 is 61.0 Å². The molecule has 1 N–H and O–H groups in total. The van der Waals surface area contributed by atoms with E-state index in [1.165, 1.54) is 4.18 Å². The first kappa shape index (κ1) is 6.69. The summed E-state index contributed by atoms with van der Waals surface area (Å²) in [5, 5.41) is 9.03. The van der Waals surface area contributed by atoms with Crippen molar-refractivity contribution in [3.05, 3.63) is 9.91 Å². The van der Waals surface area contributed by atoms with Crippen molar-refractivity contribution in [1.82, 2.24) is 0 Å². The maximum atomic E-state index is 9.03. The van der Waals surface area contributed by atoms with Crippen molar-refractivity contribution in [2.24, 2.45) is 5.92 Å². The maximum absolute atomic E-state index is 9.03. The minimum atomic E-state index is -0.269. The van der Waals surface area contributed by atoms with Gasteiger partial charge in [0.1, 0.15) is 0 Å². The average Bonchev–Trinajstić information content (AvgIpc) is 2.12. The fourth-order valence-electron chi connectivity index (χ4n) is 0.893. The van der Waals surface area contributed by atoms with E-state index >= 15 is 0 Å². The van der Waals surface area contributed by atoms with Crippen LogP contribution in [0, 0.1) is 5.92 Å². The first-order valence-corrected chi connectivity index (χ1v) is 7.22. The molecule has 2 atom stereocenters. The molecule has 0 spiro atoms. The van der Waals surface area contributed by atoms with Crippen LogP contribution in [0.2, 0.25) is 4.18 Å². The summed E-state index contributed by atoms with van der Waals surface area (Å²) in [7, 11) is 0. The van der Waals surface area contributed by atoms with Crippen LogP contribution in [-0.4, -0.2) is 34.1 Å². The van der Waals surface area contributed by atoms with Gasteiger partial charge in [-0.1, -0.05) is 0 Å². The van der Waals surface area contributed by atoms with E-state index in [0.717, 1.165) is 0 Å². The number of hydrogen-bond donors (Lipinski definition) is 1. The van der Waals surface area contributed by atoms with Crippen LogP contribution in [0.25, 0.3) is 0 Å². The Morgan fingerprint density at radius 3 is 2.88 bits per heavy atom. The van der Waals surface area contributed by atoms with Crippen molar-refractivity contribution in [3.63, 3.8) is 0 Å². The van der Waals surface area contributed by atoms with Gasteiger partial charge in [0, 0.05) is 0 Å². The van der Waals surface area contributed by atoms with E-state index in [2.05, 4.69) is 9.91 Å². The Bertz CT molecular complexity index is 98.7. The van der Waals surface area contributed by atoms with E-state index in [0.29, 0.717) is 5.92 Å². The molecule has 1 radical (unpaired) electrons. The third kappa shape index (κ3) is 1.52. The van der Waals surface area contributed by atoms with Gasteiger partial charge in [0.2, 0.25) is 0 Å². The fourth-order valence-corrected chi connectivity index (χ4v) is 5.07. The molecule has 0 aromatic rings. The summed E-state index contributed by atoms with van der Waals surface area (Å²) in [5.74, 6) is 0.524. The Balaban J connectivity index is 2.36. The van der Waals surface area contributed by atoms with Crippen molar-refractivity contribution in [1.29, 1.82) is 0 Å². The van der Waals surface area contributed by atoms with Gasteiger partial charge in [-0.25, -0.2) is 0 Å². The summed E-state index contributed by atoms with van der Waals surface area (Å²) < 4.78 is 3.65. The van der Waals surface area contributed by atoms with Gasteiger partial charge in [-0.3, -0.25) is 0 Å². The van der Waals surface area contributed by atoms with Crippen LogP contribution in [0.1, 0.15) is 6.92 Å². The molecular formula is C6H10InO. The van der Waals surface area contributed by atoms with Gasteiger partial charge in [-0.05, 0) is 0 Å². The summed E-state index contributed by atoms with van der Waals surface area (Å²) in [6.45, 7) is 1.88. The van der Waals surface area contributed by atoms with Gasteiger partial charge in [0.15, 0.2) is 0 Å². The molecule has 8 heavy (non-hydrogen) atoms. The van der Waals surface area contributed by atoms with E-state index < -0.39 is 0 Å². The molecule has 0 saturated carbocycles. The molecular weight excluding hydrogens is 203 g/mol. The Hall–Kier alpha value is 0.570. The molecule has 0 amide bonds. The summed E-state index contributed by atoms with van der Waals surface area (Å²) >= 11 is -0.269. The van der Waals surface area contributed by atoms with Gasteiger partial charge in [0.25, 0.3) is 0 Å². The molecule has 0 aliphatic carbocycles. The van der Waals surface area contributed by atoms with Crippen LogP contribution >= 0.6 is 0 Å². The minimum absolute atomic E-state index is 0.0972. The number of aliphatic hydroxyl groups excluding tert-OH is 1. The molecule has 0 fully saturated rings. The van der Waals surface area contributed by atoms with Crippen molar-refractivity contribution in [2.75, 3.05) is 0 Å². The monoisotopic (exact) mass is 213 g/mol. The van der Waals surface area contributed by atoms with Gasteiger partial charge in [-0.15, -0.1) is 0 Å². The van der Waals surface area contributed by atoms with Crippen LogP contribution in [0.15, 0.2) is 9.91 Å². The van der Waals surface area contributed by atoms with E-state index in [-0.39, 0.29) is 29.0 Å². The molecule has 0 bridgehead atoms. The Labute approximate surface area is 61.1 Å². The molecule has 1 heterocycles. The molecule has 43 valence electrons. The van der Waals surface area contributed by atoms with E-state index in [4.69, 9.17) is 5.11 Å². The average molecular weight is 213 g/mol. The molecule has 1 rings (SSSR count). The second-order valence-electron chi connectivity index (χ2n) is 2.26. The second kappa shape index (κ2) is 2.92. The summed E-state index contributed by atoms with van der Waals surface area (Å²) in [5.41, 5.74) is 0. The fraction of sp³-hybridized carbons (Fsp3) is 0.667. The Kier molecular flexibility index (Phi) is 2.44. The summed E-state index contributed by atoms with van der Waals surface area (Å²) in [6.07, 6.45) is 2.09. The standard InChI is InChI=1S/C6H10O.In/c1-4-5(2)6(3)7;/h1,4-7H,2H2,3H3;. The first-order valence-electron chi connectivity index (χ1n) is 2.99. The molecule has 2 heteroatoms. The zero-order chi connectivity index (χ0) is 5.98. The zero-order valence-corrected chi connectivity index (χ0v) is 8.34. The van der Waals surface area contributed by atoms with E-state index in [1.807, 2.05) is 6.92 Å². The summed E-state index contributed by atoms with van der Waals surface area (Å²) in [6, 6.07) is 0. The van der Waals surface area contributed by atoms with Crippen molar-refractivity contribution in [3.8, 4) is 0 Å². The topological polar surface area (TPSA) is 20.2 Å². The number of aliphatic hydroxyl groups is 1. The molecule has 1 aliphatic heterocycles. The van der Waals surface area contributed by atoms with E-state index in [9.17, 15) is 0 Å². The third-order valence-corrected chi connectivity index (χ3v) is 5.26. The normalized spacial score (nSPS) is 30.0. The van der Waals surface area contributed by atoms with Crippen LogP contribution in [0.5, 0.6) is 0 Å². The van der Waals surface area contributed by atoms with Crippen LogP contribution in [0.3, 0.4) is 0 Å². The molecule has 1 nitrogen and oxygen atoms in total.